The molecule has 0 radical (unpaired) electrons. The van der Waals surface area contributed by atoms with Gasteiger partial charge in [0.2, 0.25) is 0 Å². The molecule has 30 heavy (non-hydrogen) atoms. The van der Waals surface area contributed by atoms with Crippen LogP contribution in [0, 0.1) is 11.6 Å². The molecule has 3 aromatic rings. The van der Waals surface area contributed by atoms with Crippen LogP contribution in [0.2, 0.25) is 10.0 Å². The molecule has 0 saturated heterocycles. The third-order valence-electron chi connectivity index (χ3n) is 4.51. The summed E-state index contributed by atoms with van der Waals surface area (Å²) in [7, 11) is 0. The molecule has 4 rings (SSSR count). The van der Waals surface area contributed by atoms with E-state index in [1.54, 1.807) is 36.4 Å². The molecule has 2 amide bonds. The van der Waals surface area contributed by atoms with E-state index in [1.807, 2.05) is 0 Å². The molecule has 0 saturated carbocycles. The summed E-state index contributed by atoms with van der Waals surface area (Å²) in [6, 6.07) is 16.2. The number of rotatable bonds is 4. The molecule has 8 heteroatoms. The monoisotopic (exact) mass is 444 g/mol. The number of imide groups is 1. The highest BCUT2D eigenvalue weighted by Gasteiger charge is 2.41. The van der Waals surface area contributed by atoms with E-state index in [9.17, 15) is 18.4 Å². The Morgan fingerprint density at radius 3 is 2.23 bits per heavy atom. The molecule has 1 aliphatic rings. The van der Waals surface area contributed by atoms with Crippen LogP contribution >= 0.6 is 23.2 Å². The van der Waals surface area contributed by atoms with Gasteiger partial charge >= 0.3 is 0 Å². The fourth-order valence-electron chi connectivity index (χ4n) is 3.12. The van der Waals surface area contributed by atoms with Crippen LogP contribution in [0.25, 0.3) is 5.57 Å². The van der Waals surface area contributed by atoms with Gasteiger partial charge in [-0.3, -0.25) is 9.59 Å². The quantitative estimate of drug-likeness (QED) is 0.527. The average molecular weight is 445 g/mol. The van der Waals surface area contributed by atoms with E-state index >= 15 is 0 Å². The number of halogens is 4. The van der Waals surface area contributed by atoms with Crippen molar-refractivity contribution in [1.29, 1.82) is 0 Å². The van der Waals surface area contributed by atoms with E-state index in [-0.39, 0.29) is 32.7 Å². The van der Waals surface area contributed by atoms with Crippen LogP contribution in [0.1, 0.15) is 5.56 Å². The number of carbonyl (C=O) groups is 2. The summed E-state index contributed by atoms with van der Waals surface area (Å²) in [4.78, 5) is 27.4. The lowest BCUT2D eigenvalue weighted by atomic mass is 10.0. The van der Waals surface area contributed by atoms with Crippen molar-refractivity contribution in [2.75, 3.05) is 10.2 Å². The Morgan fingerprint density at radius 1 is 0.800 bits per heavy atom. The fourth-order valence-corrected chi connectivity index (χ4v) is 3.50. The third kappa shape index (κ3) is 3.44. The van der Waals surface area contributed by atoms with Crippen LogP contribution in [-0.4, -0.2) is 11.8 Å². The Kier molecular flexibility index (Phi) is 5.28. The third-order valence-corrected chi connectivity index (χ3v) is 5.32. The van der Waals surface area contributed by atoms with Crippen LogP contribution in [0.4, 0.5) is 20.2 Å². The van der Waals surface area contributed by atoms with Gasteiger partial charge in [-0.15, -0.1) is 0 Å². The fraction of sp³-hybridized carbons (Fsp3) is 0. The van der Waals surface area contributed by atoms with Gasteiger partial charge in [-0.05, 0) is 29.8 Å². The number of benzene rings is 3. The van der Waals surface area contributed by atoms with Crippen molar-refractivity contribution >= 4 is 52.0 Å². The summed E-state index contributed by atoms with van der Waals surface area (Å²) in [5.74, 6) is -3.44. The van der Waals surface area contributed by atoms with Crippen LogP contribution in [0.3, 0.4) is 0 Å². The summed E-state index contributed by atoms with van der Waals surface area (Å²) in [6.45, 7) is 0. The zero-order valence-corrected chi connectivity index (χ0v) is 16.6. The van der Waals surface area contributed by atoms with Gasteiger partial charge < -0.3 is 5.32 Å². The molecule has 0 spiro atoms. The minimum atomic E-state index is -1.09. The summed E-state index contributed by atoms with van der Waals surface area (Å²) < 4.78 is 26.9. The highest BCUT2D eigenvalue weighted by molar-refractivity contribution is 6.50. The number of anilines is 2. The highest BCUT2D eigenvalue weighted by Crippen LogP contribution is 2.39. The number of hydrogen-bond acceptors (Lipinski definition) is 3. The van der Waals surface area contributed by atoms with Crippen molar-refractivity contribution in [3.63, 3.8) is 0 Å². The first kappa shape index (κ1) is 20.1. The first-order valence-electron chi connectivity index (χ1n) is 8.73. The number of nitrogens with zero attached hydrogens (tertiary/aromatic N) is 1. The van der Waals surface area contributed by atoms with Gasteiger partial charge in [0, 0.05) is 11.8 Å². The molecule has 1 aliphatic heterocycles. The van der Waals surface area contributed by atoms with Gasteiger partial charge in [0.1, 0.15) is 5.70 Å². The van der Waals surface area contributed by atoms with E-state index in [1.165, 1.54) is 18.2 Å². The normalized spacial score (nSPS) is 13.9. The van der Waals surface area contributed by atoms with E-state index in [4.69, 9.17) is 23.2 Å². The van der Waals surface area contributed by atoms with Gasteiger partial charge in [-0.25, -0.2) is 13.7 Å². The second-order valence-electron chi connectivity index (χ2n) is 6.39. The minimum Gasteiger partial charge on any atom is -0.350 e. The van der Waals surface area contributed by atoms with Crippen LogP contribution in [-0.2, 0) is 9.59 Å². The van der Waals surface area contributed by atoms with Crippen molar-refractivity contribution < 1.29 is 18.4 Å². The number of carbonyl (C=O) groups excluding carboxylic acids is 2. The number of nitrogens with one attached hydrogen (secondary N) is 1. The Hall–Kier alpha value is -3.22. The largest absolute Gasteiger partial charge is 0.350 e. The van der Waals surface area contributed by atoms with Crippen LogP contribution < -0.4 is 10.2 Å². The molecule has 150 valence electrons. The summed E-state index contributed by atoms with van der Waals surface area (Å²) in [5.41, 5.74) is 0.684. The second-order valence-corrected chi connectivity index (χ2v) is 7.17. The standard InChI is InChI=1S/C22H12Cl2F2N2O2/c23-14-7-4-8-17(19(14)24)28-21(29)18(12-5-2-1-3-6-12)20(22(28)30)27-13-9-10-15(25)16(26)11-13/h1-11,27H. The maximum Gasteiger partial charge on any atom is 0.282 e. The average Bonchev–Trinajstić information content (AvgIpc) is 2.97. The van der Waals surface area contributed by atoms with Gasteiger partial charge in [0.15, 0.2) is 11.6 Å². The summed E-state index contributed by atoms with van der Waals surface area (Å²) in [5, 5.41) is 2.98. The molecule has 3 aromatic carbocycles. The van der Waals surface area contributed by atoms with E-state index in [0.29, 0.717) is 5.56 Å². The van der Waals surface area contributed by atoms with Crippen LogP contribution in [0.15, 0.2) is 72.4 Å². The van der Waals surface area contributed by atoms with E-state index in [0.717, 1.165) is 17.0 Å². The number of hydrogen-bond donors (Lipinski definition) is 1. The molecule has 0 atom stereocenters. The molecule has 1 N–H and O–H groups in total. The van der Waals surface area contributed by atoms with E-state index in [2.05, 4.69) is 5.32 Å². The smallest absolute Gasteiger partial charge is 0.282 e. The van der Waals surface area contributed by atoms with Gasteiger partial charge in [-0.2, -0.15) is 0 Å². The Bertz CT molecular complexity index is 1210. The summed E-state index contributed by atoms with van der Waals surface area (Å²) >= 11 is 12.3. The van der Waals surface area contributed by atoms with Gasteiger partial charge in [0.05, 0.1) is 21.3 Å². The molecular weight excluding hydrogens is 433 g/mol. The molecule has 0 aromatic heterocycles. The lowest BCUT2D eigenvalue weighted by Crippen LogP contribution is -2.32. The molecule has 0 aliphatic carbocycles. The molecular formula is C22H12Cl2F2N2O2. The maximum atomic E-state index is 13.7. The van der Waals surface area contributed by atoms with Gasteiger partial charge in [0.25, 0.3) is 11.8 Å². The second kappa shape index (κ2) is 7.89. The van der Waals surface area contributed by atoms with E-state index < -0.39 is 23.4 Å². The van der Waals surface area contributed by atoms with Gasteiger partial charge in [-0.1, -0.05) is 59.6 Å². The van der Waals surface area contributed by atoms with Crippen LogP contribution in [0.5, 0.6) is 0 Å². The number of amides is 2. The lowest BCUT2D eigenvalue weighted by Gasteiger charge is -2.17. The molecule has 1 heterocycles. The van der Waals surface area contributed by atoms with Crippen molar-refractivity contribution in [2.45, 2.75) is 0 Å². The molecule has 4 nitrogen and oxygen atoms in total. The highest BCUT2D eigenvalue weighted by atomic mass is 35.5. The van der Waals surface area contributed by atoms with Crippen molar-refractivity contribution in [3.8, 4) is 0 Å². The predicted molar refractivity (Wildman–Crippen MR) is 112 cm³/mol. The first-order chi connectivity index (χ1) is 14.4. The zero-order valence-electron chi connectivity index (χ0n) is 15.1. The Morgan fingerprint density at radius 2 is 1.53 bits per heavy atom. The van der Waals surface area contributed by atoms with Crippen molar-refractivity contribution in [3.05, 3.63) is 99.7 Å². The minimum absolute atomic E-state index is 0.0438. The predicted octanol–water partition coefficient (Wildman–Crippen LogP) is 5.67. The SMILES string of the molecule is O=C1C(Nc2ccc(F)c(F)c2)=C(c2ccccc2)C(=O)N1c1cccc(Cl)c1Cl. The zero-order chi connectivity index (χ0) is 21.4. The Balaban J connectivity index is 1.85. The van der Waals surface area contributed by atoms with Crippen molar-refractivity contribution in [1.82, 2.24) is 0 Å². The maximum absolute atomic E-state index is 13.7. The topological polar surface area (TPSA) is 49.4 Å². The molecule has 0 unspecified atom stereocenters. The first-order valence-corrected chi connectivity index (χ1v) is 9.48. The molecule has 0 bridgehead atoms. The molecule has 0 fully saturated rings. The Labute approximate surface area is 180 Å². The summed E-state index contributed by atoms with van der Waals surface area (Å²) in [6.07, 6.45) is 0. The lowest BCUT2D eigenvalue weighted by molar-refractivity contribution is -0.120. The van der Waals surface area contributed by atoms with Crippen molar-refractivity contribution in [2.24, 2.45) is 0 Å².